The number of aromatic nitrogens is 6. The normalized spacial score (nSPS) is 11.4. The summed E-state index contributed by atoms with van der Waals surface area (Å²) in [6.07, 6.45) is 2.50. The lowest BCUT2D eigenvalue weighted by Gasteiger charge is -2.09. The predicted molar refractivity (Wildman–Crippen MR) is 81.5 cm³/mol. The fourth-order valence-corrected chi connectivity index (χ4v) is 2.75. The molecule has 7 heteroatoms. The number of rotatable bonds is 4. The number of hydrogen-bond acceptors (Lipinski definition) is 4. The molecule has 0 spiro atoms. The molecule has 0 atom stereocenters. The molecule has 0 aliphatic carbocycles. The Morgan fingerprint density at radius 2 is 2.05 bits per heavy atom. The second kappa shape index (κ2) is 5.44. The van der Waals surface area contributed by atoms with Crippen LogP contribution >= 0.6 is 11.6 Å². The summed E-state index contributed by atoms with van der Waals surface area (Å²) in [7, 11) is 1.93. The number of halogens is 1. The smallest absolute Gasteiger partial charge is 0.159 e. The molecule has 0 saturated carbocycles. The summed E-state index contributed by atoms with van der Waals surface area (Å²) in [6, 6.07) is 1.92. The minimum absolute atomic E-state index is 0.540. The molecule has 0 fully saturated rings. The van der Waals surface area contributed by atoms with Gasteiger partial charge in [-0.2, -0.15) is 5.10 Å². The van der Waals surface area contributed by atoms with Crippen LogP contribution in [0.15, 0.2) is 12.3 Å². The zero-order valence-electron chi connectivity index (χ0n) is 12.3. The van der Waals surface area contributed by atoms with E-state index in [1.807, 2.05) is 31.6 Å². The molecule has 0 aliphatic heterocycles. The number of hydrogen-bond donors (Lipinski definition) is 0. The van der Waals surface area contributed by atoms with E-state index in [1.54, 1.807) is 6.20 Å². The van der Waals surface area contributed by atoms with Crippen LogP contribution in [0.5, 0.6) is 0 Å². The third-order valence-corrected chi connectivity index (χ3v) is 3.63. The van der Waals surface area contributed by atoms with E-state index >= 15 is 0 Å². The first-order valence-electron chi connectivity index (χ1n) is 6.83. The van der Waals surface area contributed by atoms with Crippen molar-refractivity contribution in [3.8, 4) is 0 Å². The van der Waals surface area contributed by atoms with Crippen molar-refractivity contribution in [2.45, 2.75) is 26.8 Å². The zero-order valence-corrected chi connectivity index (χ0v) is 13.1. The van der Waals surface area contributed by atoms with Crippen LogP contribution in [0.2, 0.25) is 0 Å². The molecule has 0 radical (unpaired) electrons. The van der Waals surface area contributed by atoms with Crippen LogP contribution in [0.4, 0.5) is 0 Å². The molecular weight excluding hydrogens is 288 g/mol. The molecule has 21 heavy (non-hydrogen) atoms. The van der Waals surface area contributed by atoms with Gasteiger partial charge in [-0.1, -0.05) is 0 Å². The average Bonchev–Trinajstić information content (AvgIpc) is 2.91. The Morgan fingerprint density at radius 1 is 1.24 bits per heavy atom. The maximum absolute atomic E-state index is 5.91. The Balaban J connectivity index is 2.12. The van der Waals surface area contributed by atoms with Gasteiger partial charge in [0.05, 0.1) is 17.9 Å². The lowest BCUT2D eigenvalue weighted by atomic mass is 10.3. The van der Waals surface area contributed by atoms with Gasteiger partial charge >= 0.3 is 0 Å². The maximum atomic E-state index is 5.91. The Morgan fingerprint density at radius 3 is 2.76 bits per heavy atom. The van der Waals surface area contributed by atoms with Gasteiger partial charge in [0.15, 0.2) is 5.65 Å². The van der Waals surface area contributed by atoms with E-state index in [-0.39, 0.29) is 0 Å². The third kappa shape index (κ3) is 2.51. The van der Waals surface area contributed by atoms with E-state index in [4.69, 9.17) is 16.6 Å². The van der Waals surface area contributed by atoms with E-state index in [2.05, 4.69) is 19.6 Å². The second-order valence-corrected chi connectivity index (χ2v) is 5.41. The van der Waals surface area contributed by atoms with Crippen LogP contribution in [0.25, 0.3) is 11.2 Å². The van der Waals surface area contributed by atoms with Gasteiger partial charge in [-0.15, -0.1) is 11.6 Å². The zero-order chi connectivity index (χ0) is 15.0. The van der Waals surface area contributed by atoms with Gasteiger partial charge in [0.1, 0.15) is 17.2 Å². The average molecular weight is 305 g/mol. The molecular formula is C14H17ClN6. The number of imidazole rings is 1. The van der Waals surface area contributed by atoms with Crippen LogP contribution in [-0.4, -0.2) is 35.2 Å². The fourth-order valence-electron chi connectivity index (χ4n) is 2.58. The Hall–Kier alpha value is -1.95. The molecule has 0 amide bonds. The second-order valence-electron chi connectivity index (χ2n) is 5.03. The first-order chi connectivity index (χ1) is 10.1. The van der Waals surface area contributed by atoms with E-state index in [0.29, 0.717) is 12.4 Å². The third-order valence-electron chi connectivity index (χ3n) is 3.44. The first-order valence-corrected chi connectivity index (χ1v) is 7.37. The molecule has 6 nitrogen and oxygen atoms in total. The molecule has 0 aliphatic rings. The van der Waals surface area contributed by atoms with Crippen LogP contribution in [-0.2, 0) is 20.0 Å². The number of nitrogens with zero attached hydrogens (tertiary/aromatic N) is 6. The van der Waals surface area contributed by atoms with Crippen molar-refractivity contribution < 1.29 is 0 Å². The van der Waals surface area contributed by atoms with E-state index in [1.165, 1.54) is 0 Å². The van der Waals surface area contributed by atoms with Crippen LogP contribution in [0, 0.1) is 13.8 Å². The van der Waals surface area contributed by atoms with Gasteiger partial charge in [-0.05, 0) is 19.9 Å². The molecule has 110 valence electrons. The summed E-state index contributed by atoms with van der Waals surface area (Å²) in [4.78, 5) is 13.3. The van der Waals surface area contributed by atoms with E-state index < -0.39 is 0 Å². The topological polar surface area (TPSA) is 61.4 Å². The van der Waals surface area contributed by atoms with Crippen molar-refractivity contribution in [2.24, 2.45) is 7.05 Å². The van der Waals surface area contributed by atoms with Crippen molar-refractivity contribution in [1.82, 2.24) is 29.3 Å². The number of fused-ring (bicyclic) bond motifs is 1. The summed E-state index contributed by atoms with van der Waals surface area (Å²) in [5.74, 6) is 2.27. The monoisotopic (exact) mass is 304 g/mol. The molecule has 3 aromatic rings. The lowest BCUT2D eigenvalue weighted by molar-refractivity contribution is 0.680. The largest absolute Gasteiger partial charge is 0.307 e. The Kier molecular flexibility index (Phi) is 3.63. The first kappa shape index (κ1) is 14.0. The van der Waals surface area contributed by atoms with Crippen molar-refractivity contribution in [2.75, 3.05) is 5.88 Å². The van der Waals surface area contributed by atoms with Crippen LogP contribution in [0.3, 0.4) is 0 Å². The van der Waals surface area contributed by atoms with Gasteiger partial charge in [0.25, 0.3) is 0 Å². The van der Waals surface area contributed by atoms with Gasteiger partial charge in [0, 0.05) is 25.5 Å². The summed E-state index contributed by atoms with van der Waals surface area (Å²) < 4.78 is 4.00. The van der Waals surface area contributed by atoms with Gasteiger partial charge in [-0.25, -0.2) is 15.0 Å². The molecule has 0 bridgehead atoms. The fraction of sp³-hybridized carbons (Fsp3) is 0.429. The van der Waals surface area contributed by atoms with Crippen LogP contribution in [0.1, 0.15) is 23.0 Å². The molecule has 0 saturated heterocycles. The minimum Gasteiger partial charge on any atom is -0.307 e. The summed E-state index contributed by atoms with van der Waals surface area (Å²) in [6.45, 7) is 4.50. The van der Waals surface area contributed by atoms with Gasteiger partial charge < -0.3 is 4.57 Å². The summed E-state index contributed by atoms with van der Waals surface area (Å²) in [5.41, 5.74) is 3.82. The predicted octanol–water partition coefficient (Wildman–Crippen LogP) is 2.01. The molecule has 0 unspecified atom stereocenters. The van der Waals surface area contributed by atoms with E-state index in [0.717, 1.165) is 40.6 Å². The Labute approximate surface area is 127 Å². The molecule has 3 rings (SSSR count). The molecule has 0 aromatic carbocycles. The lowest BCUT2D eigenvalue weighted by Crippen LogP contribution is -2.10. The Bertz CT molecular complexity index is 788. The van der Waals surface area contributed by atoms with Crippen LogP contribution < -0.4 is 0 Å². The molecule has 0 N–H and O–H groups in total. The highest BCUT2D eigenvalue weighted by Crippen LogP contribution is 2.20. The number of alkyl halides is 1. The molecule has 3 heterocycles. The SMILES string of the molecule is Cc1nccc(Cn2c(CCCl)nc3c(C)nn(C)c32)n1. The quantitative estimate of drug-likeness (QED) is 0.692. The standard InChI is InChI=1S/C14H17ClN6/c1-9-13-14(20(3)19-9)21(12(18-13)4-6-15)8-11-5-7-16-10(2)17-11/h5,7H,4,6,8H2,1-3H3. The maximum Gasteiger partial charge on any atom is 0.159 e. The van der Waals surface area contributed by atoms with Crippen molar-refractivity contribution in [3.63, 3.8) is 0 Å². The number of aryl methyl sites for hydroxylation is 4. The summed E-state index contributed by atoms with van der Waals surface area (Å²) in [5, 5.41) is 4.44. The van der Waals surface area contributed by atoms with Crippen molar-refractivity contribution in [1.29, 1.82) is 0 Å². The van der Waals surface area contributed by atoms with Crippen molar-refractivity contribution in [3.05, 3.63) is 35.3 Å². The van der Waals surface area contributed by atoms with E-state index in [9.17, 15) is 0 Å². The van der Waals surface area contributed by atoms with Crippen molar-refractivity contribution >= 4 is 22.8 Å². The highest BCUT2D eigenvalue weighted by atomic mass is 35.5. The summed E-state index contributed by atoms with van der Waals surface area (Å²) >= 11 is 5.91. The van der Waals surface area contributed by atoms with Gasteiger partial charge in [-0.3, -0.25) is 4.68 Å². The van der Waals surface area contributed by atoms with Gasteiger partial charge in [0.2, 0.25) is 0 Å². The molecule has 3 aromatic heterocycles. The highest BCUT2D eigenvalue weighted by molar-refractivity contribution is 6.17. The highest BCUT2D eigenvalue weighted by Gasteiger charge is 2.17. The minimum atomic E-state index is 0.540.